The molecule has 0 aliphatic carbocycles. The molecule has 39 heavy (non-hydrogen) atoms. The normalized spacial score (nSPS) is 11.7. The zero-order valence-corrected chi connectivity index (χ0v) is 26.1. The van der Waals surface area contributed by atoms with Gasteiger partial charge in [-0.05, 0) is 12.8 Å². The van der Waals surface area contributed by atoms with E-state index in [-0.39, 0.29) is 19.3 Å². The summed E-state index contributed by atoms with van der Waals surface area (Å²) in [6.45, 7) is 4.45. The zero-order valence-electron chi connectivity index (χ0n) is 25.3. The number of unbranched alkanes of at least 4 members (excludes halogenated alkanes) is 20. The Morgan fingerprint density at radius 2 is 0.821 bits per heavy atom. The number of carbonyl (C=O) groups is 2. The summed E-state index contributed by atoms with van der Waals surface area (Å²) in [5.74, 6) is -1.64. The maximum absolute atomic E-state index is 12.3. The van der Waals surface area contributed by atoms with Crippen molar-refractivity contribution in [3.8, 4) is 0 Å². The lowest BCUT2D eigenvalue weighted by Gasteiger charge is -2.18. The number of hydrogen-bond acceptors (Lipinski definition) is 6. The molecule has 0 aromatic heterocycles. The van der Waals surface area contributed by atoms with Gasteiger partial charge in [0, 0.05) is 19.3 Å². The van der Waals surface area contributed by atoms with Crippen LogP contribution in [0.5, 0.6) is 0 Å². The number of ether oxygens (including phenoxy) is 2. The number of esters is 2. The second-order valence-corrected chi connectivity index (χ2v) is 12.6. The van der Waals surface area contributed by atoms with Gasteiger partial charge in [-0.25, -0.2) is 0 Å². The van der Waals surface area contributed by atoms with Crippen LogP contribution in [-0.4, -0.2) is 37.0 Å². The molecule has 0 aliphatic rings. The molecule has 7 nitrogen and oxygen atoms in total. The topological polar surface area (TPSA) is 107 Å². The molecule has 8 heteroatoms. The molecule has 0 saturated carbocycles. The van der Waals surface area contributed by atoms with Gasteiger partial charge in [-0.3, -0.25) is 14.1 Å². The molecule has 0 atom stereocenters. The zero-order chi connectivity index (χ0) is 29.0. The smallest absolute Gasteiger partial charge is 0.308 e. The first-order valence-corrected chi connectivity index (χ1v) is 17.7. The molecule has 0 radical (unpaired) electrons. The molecule has 0 saturated heterocycles. The van der Waals surface area contributed by atoms with Crippen molar-refractivity contribution in [2.75, 3.05) is 5.75 Å². The van der Waals surface area contributed by atoms with Gasteiger partial charge in [0.05, 0.1) is 5.75 Å². The molecule has 0 heterocycles. The van der Waals surface area contributed by atoms with Gasteiger partial charge in [0.2, 0.25) is 6.29 Å². The summed E-state index contributed by atoms with van der Waals surface area (Å²) >= 11 is 0. The predicted octanol–water partition coefficient (Wildman–Crippen LogP) is 9.08. The first-order chi connectivity index (χ1) is 18.8. The molecular weight excluding hydrogens is 516 g/mol. The summed E-state index contributed by atoms with van der Waals surface area (Å²) in [6, 6.07) is 0. The fraction of sp³-hybridized carbons (Fsp3) is 0.935. The lowest BCUT2D eigenvalue weighted by Crippen LogP contribution is -2.27. The largest absolute Gasteiger partial charge is 0.425 e. The third kappa shape index (κ3) is 29.7. The standard InChI is InChI=1S/C31H60O7S/c1-3-5-7-9-11-13-15-17-19-21-23-25-29(32)37-31(27-28-39(34,35)36)38-30(33)26-24-22-20-18-16-14-12-10-8-6-4-2/h31H,3-28H2,1-2H3,(H,34,35,36). The molecule has 232 valence electrons. The Morgan fingerprint density at radius 1 is 0.538 bits per heavy atom. The van der Waals surface area contributed by atoms with Crippen LogP contribution in [0.25, 0.3) is 0 Å². The van der Waals surface area contributed by atoms with Crippen molar-refractivity contribution in [3.63, 3.8) is 0 Å². The Bertz CT molecular complexity index is 638. The third-order valence-corrected chi connectivity index (χ3v) is 7.86. The minimum Gasteiger partial charge on any atom is -0.425 e. The Hall–Kier alpha value is -1.15. The fourth-order valence-electron chi connectivity index (χ4n) is 4.67. The van der Waals surface area contributed by atoms with Gasteiger partial charge in [0.15, 0.2) is 0 Å². The van der Waals surface area contributed by atoms with Crippen molar-refractivity contribution in [1.29, 1.82) is 0 Å². The van der Waals surface area contributed by atoms with E-state index in [1.54, 1.807) is 0 Å². The van der Waals surface area contributed by atoms with Crippen molar-refractivity contribution in [1.82, 2.24) is 0 Å². The Labute approximate surface area is 240 Å². The van der Waals surface area contributed by atoms with E-state index in [0.29, 0.717) is 12.8 Å². The van der Waals surface area contributed by atoms with Crippen LogP contribution in [0.2, 0.25) is 0 Å². The number of rotatable bonds is 29. The van der Waals surface area contributed by atoms with Crippen LogP contribution in [0, 0.1) is 0 Å². The minimum absolute atomic E-state index is 0.204. The molecule has 1 N–H and O–H groups in total. The highest BCUT2D eigenvalue weighted by Crippen LogP contribution is 2.15. The van der Waals surface area contributed by atoms with Crippen LogP contribution in [0.15, 0.2) is 0 Å². The van der Waals surface area contributed by atoms with Crippen molar-refractivity contribution < 1.29 is 32.0 Å². The summed E-state index contributed by atoms with van der Waals surface area (Å²) in [6.07, 6.45) is 24.6. The lowest BCUT2D eigenvalue weighted by molar-refractivity contribution is -0.188. The van der Waals surface area contributed by atoms with Crippen LogP contribution in [0.4, 0.5) is 0 Å². The van der Waals surface area contributed by atoms with Gasteiger partial charge >= 0.3 is 11.9 Å². The van der Waals surface area contributed by atoms with E-state index >= 15 is 0 Å². The van der Waals surface area contributed by atoms with E-state index in [9.17, 15) is 18.0 Å². The van der Waals surface area contributed by atoms with Gasteiger partial charge in [-0.2, -0.15) is 8.42 Å². The van der Waals surface area contributed by atoms with Crippen LogP contribution < -0.4 is 0 Å². The quantitative estimate of drug-likeness (QED) is 0.0409. The Morgan fingerprint density at radius 3 is 1.10 bits per heavy atom. The highest BCUT2D eigenvalue weighted by molar-refractivity contribution is 7.85. The van der Waals surface area contributed by atoms with Crippen LogP contribution in [-0.2, 0) is 29.2 Å². The van der Waals surface area contributed by atoms with Crippen LogP contribution in [0.1, 0.15) is 174 Å². The molecule has 0 rings (SSSR count). The summed E-state index contributed by atoms with van der Waals surface area (Å²) in [7, 11) is -4.25. The average molecular weight is 577 g/mol. The maximum atomic E-state index is 12.3. The number of hydrogen-bond donors (Lipinski definition) is 1. The van der Waals surface area contributed by atoms with E-state index < -0.39 is 34.1 Å². The number of carbonyl (C=O) groups excluding carboxylic acids is 2. The van der Waals surface area contributed by atoms with E-state index in [4.69, 9.17) is 14.0 Å². The fourth-order valence-corrected chi connectivity index (χ4v) is 5.16. The van der Waals surface area contributed by atoms with Crippen LogP contribution >= 0.6 is 0 Å². The van der Waals surface area contributed by atoms with Gasteiger partial charge in [-0.1, -0.05) is 142 Å². The average Bonchev–Trinajstić information content (AvgIpc) is 2.88. The SMILES string of the molecule is CCCCCCCCCCCCCC(=O)OC(CCS(=O)(=O)O)OC(=O)CCCCCCCCCCCCC. The minimum atomic E-state index is -4.25. The van der Waals surface area contributed by atoms with Gasteiger partial charge < -0.3 is 9.47 Å². The van der Waals surface area contributed by atoms with Gasteiger partial charge in [0.1, 0.15) is 0 Å². The first kappa shape index (κ1) is 37.9. The first-order valence-electron chi connectivity index (χ1n) is 16.1. The summed E-state index contributed by atoms with van der Waals surface area (Å²) in [4.78, 5) is 24.5. The Balaban J connectivity index is 4.05. The molecule has 0 aromatic rings. The molecule has 0 aromatic carbocycles. The molecule has 0 fully saturated rings. The van der Waals surface area contributed by atoms with Gasteiger partial charge in [-0.15, -0.1) is 0 Å². The van der Waals surface area contributed by atoms with Gasteiger partial charge in [0.25, 0.3) is 10.1 Å². The third-order valence-electron chi connectivity index (χ3n) is 7.11. The highest BCUT2D eigenvalue weighted by Gasteiger charge is 2.21. The molecule has 0 amide bonds. The van der Waals surface area contributed by atoms with E-state index in [1.807, 2.05) is 0 Å². The summed E-state index contributed by atoms with van der Waals surface area (Å²) in [5.41, 5.74) is 0. The summed E-state index contributed by atoms with van der Waals surface area (Å²) < 4.78 is 41.9. The summed E-state index contributed by atoms with van der Waals surface area (Å²) in [5, 5.41) is 0. The van der Waals surface area contributed by atoms with Crippen molar-refractivity contribution in [3.05, 3.63) is 0 Å². The van der Waals surface area contributed by atoms with Crippen molar-refractivity contribution in [2.45, 2.75) is 181 Å². The molecule has 0 unspecified atom stereocenters. The van der Waals surface area contributed by atoms with E-state index in [0.717, 1.165) is 38.5 Å². The van der Waals surface area contributed by atoms with E-state index in [2.05, 4.69) is 13.8 Å². The molecule has 0 bridgehead atoms. The second-order valence-electron chi connectivity index (χ2n) is 11.1. The lowest BCUT2D eigenvalue weighted by atomic mass is 10.1. The monoisotopic (exact) mass is 576 g/mol. The van der Waals surface area contributed by atoms with Crippen molar-refractivity contribution in [2.24, 2.45) is 0 Å². The van der Waals surface area contributed by atoms with E-state index in [1.165, 1.54) is 89.9 Å². The second kappa shape index (κ2) is 27.0. The Kier molecular flexibility index (Phi) is 26.2. The molecule has 0 aliphatic heterocycles. The highest BCUT2D eigenvalue weighted by atomic mass is 32.2. The molecule has 0 spiro atoms. The molecular formula is C31H60O7S. The van der Waals surface area contributed by atoms with Crippen molar-refractivity contribution >= 4 is 22.1 Å². The van der Waals surface area contributed by atoms with Crippen LogP contribution in [0.3, 0.4) is 0 Å². The maximum Gasteiger partial charge on any atom is 0.308 e. The predicted molar refractivity (Wildman–Crippen MR) is 159 cm³/mol.